The van der Waals surface area contributed by atoms with Crippen LogP contribution in [0, 0.1) is 0 Å². The number of azo groups is 4. The van der Waals surface area contributed by atoms with Crippen LogP contribution in [0.3, 0.4) is 0 Å². The average Bonchev–Trinajstić information content (AvgIpc) is 3.39. The van der Waals surface area contributed by atoms with Gasteiger partial charge in [-0.25, -0.2) is 0 Å². The van der Waals surface area contributed by atoms with Crippen LogP contribution < -0.4 is 16.0 Å². The highest BCUT2D eigenvalue weighted by Gasteiger charge is 2.16. The molecule has 0 unspecified atom stereocenters. The predicted octanol–water partition coefficient (Wildman–Crippen LogP) is 13.1. The number of anilines is 5. The Kier molecular flexibility index (Phi) is 14.8. The summed E-state index contributed by atoms with van der Waals surface area (Å²) in [5, 5.41) is 46.2. The summed E-state index contributed by atoms with van der Waals surface area (Å²) in [5.41, 5.74) is 4.81. The molecular weight excluding hydrogens is 1020 g/mol. The molecule has 6 N–H and O–H groups in total. The first kappa shape index (κ1) is 50.7. The number of nitrogens with zero attached hydrogens (tertiary/aromatic N) is 11. The van der Waals surface area contributed by atoms with Crippen LogP contribution in [-0.2, 0) is 30.4 Å². The van der Waals surface area contributed by atoms with Crippen molar-refractivity contribution in [1.29, 1.82) is 0 Å². The standard InChI is InChI=1S/C49H38N14O9S3/c64-73(65,66)29-28-50-47-53-48(51-31-10-14-34(15-11-31)57-61-44-25-24-43(39-8-4-5-9-40(39)44)60-56-33-6-2-1-3-7-33)55-49(54-47)52-32-12-16-35(17-13-32)58-62-45-26-27-46(42-30-38(75(70,71)72)22-23-41(42)45)63-59-36-18-20-37(21-19-36)74(67,68)69/h1-27,30H,28-29H2,(H,64,65,66)(H,67,68,69)(H,70,71,72)(H3,50,51,52,53,54,55). The monoisotopic (exact) mass is 1060 g/mol. The van der Waals surface area contributed by atoms with Crippen LogP contribution in [0.2, 0.25) is 0 Å². The van der Waals surface area contributed by atoms with E-state index in [1.165, 1.54) is 36.4 Å². The summed E-state index contributed by atoms with van der Waals surface area (Å²) in [6.07, 6.45) is 0. The highest BCUT2D eigenvalue weighted by molar-refractivity contribution is 7.86. The van der Waals surface area contributed by atoms with Gasteiger partial charge in [0, 0.05) is 39.5 Å². The van der Waals surface area contributed by atoms with Crippen LogP contribution in [0.25, 0.3) is 21.5 Å². The molecule has 0 aliphatic rings. The highest BCUT2D eigenvalue weighted by atomic mass is 32.2. The Hall–Kier alpha value is -9.18. The van der Waals surface area contributed by atoms with Gasteiger partial charge in [-0.1, -0.05) is 48.5 Å². The van der Waals surface area contributed by atoms with Crippen molar-refractivity contribution in [2.45, 2.75) is 9.79 Å². The smallest absolute Gasteiger partial charge is 0.294 e. The molecule has 9 rings (SSSR count). The molecule has 23 nitrogen and oxygen atoms in total. The van der Waals surface area contributed by atoms with Gasteiger partial charge in [0.15, 0.2) is 0 Å². The zero-order chi connectivity index (χ0) is 52.6. The SMILES string of the molecule is O=S(=O)(O)CCNc1nc(Nc2ccc(N=Nc3ccc(N=Nc4ccccc4)c4ccccc34)cc2)nc(Nc2ccc(N=Nc3ccc(N=Nc4ccc(S(=O)(=O)O)cc4)c4cc(S(=O)(=O)O)ccc34)cc2)n1. The Morgan fingerprint density at radius 1 is 0.373 bits per heavy atom. The first-order valence-corrected chi connectivity index (χ1v) is 26.5. The largest absolute Gasteiger partial charge is 0.353 e. The molecule has 0 spiro atoms. The summed E-state index contributed by atoms with van der Waals surface area (Å²) in [6, 6.07) is 46.2. The lowest BCUT2D eigenvalue weighted by atomic mass is 10.1. The topological polar surface area (TPSA) is 337 Å². The average molecular weight is 1060 g/mol. The molecule has 0 fully saturated rings. The maximum absolute atomic E-state index is 12.1. The summed E-state index contributed by atoms with van der Waals surface area (Å²) in [4.78, 5) is 12.5. The van der Waals surface area contributed by atoms with Crippen LogP contribution >= 0.6 is 0 Å². The number of aromatic nitrogens is 3. The van der Waals surface area contributed by atoms with Crippen LogP contribution in [0.4, 0.5) is 74.7 Å². The van der Waals surface area contributed by atoms with Crippen molar-refractivity contribution in [2.75, 3.05) is 28.2 Å². The van der Waals surface area contributed by atoms with Gasteiger partial charge in [-0.3, -0.25) is 13.7 Å². The van der Waals surface area contributed by atoms with Gasteiger partial charge in [-0.05, 0) is 121 Å². The van der Waals surface area contributed by atoms with Gasteiger partial charge in [0.05, 0.1) is 61.0 Å². The molecule has 0 radical (unpaired) electrons. The van der Waals surface area contributed by atoms with E-state index in [0.717, 1.165) is 28.6 Å². The fourth-order valence-corrected chi connectivity index (χ4v) is 8.38. The lowest BCUT2D eigenvalue weighted by Crippen LogP contribution is -2.17. The van der Waals surface area contributed by atoms with E-state index in [-0.39, 0.29) is 46.0 Å². The molecule has 26 heteroatoms. The van der Waals surface area contributed by atoms with Gasteiger partial charge in [0.1, 0.15) is 0 Å². The van der Waals surface area contributed by atoms with Crippen LogP contribution in [-0.4, -0.2) is 66.2 Å². The van der Waals surface area contributed by atoms with Crippen molar-refractivity contribution >= 4 is 127 Å². The summed E-state index contributed by atoms with van der Waals surface area (Å²) < 4.78 is 98.2. The summed E-state index contributed by atoms with van der Waals surface area (Å²) >= 11 is 0. The molecular formula is C49H38N14O9S3. The quantitative estimate of drug-likeness (QED) is 0.0343. The number of benzene rings is 8. The van der Waals surface area contributed by atoms with E-state index in [1.807, 2.05) is 66.7 Å². The van der Waals surface area contributed by atoms with Crippen molar-refractivity contribution in [3.63, 3.8) is 0 Å². The van der Waals surface area contributed by atoms with E-state index in [4.69, 9.17) is 0 Å². The molecule has 0 bridgehead atoms. The molecule has 8 aromatic carbocycles. The zero-order valence-electron chi connectivity index (χ0n) is 38.5. The normalized spacial score (nSPS) is 12.4. The molecule has 1 heterocycles. The second kappa shape index (κ2) is 21.9. The van der Waals surface area contributed by atoms with Gasteiger partial charge in [-0.15, -0.1) is 20.5 Å². The summed E-state index contributed by atoms with van der Waals surface area (Å²) in [5.74, 6) is -0.475. The third kappa shape index (κ3) is 13.5. The van der Waals surface area contributed by atoms with E-state index in [1.54, 1.807) is 54.6 Å². The first-order valence-electron chi connectivity index (χ1n) is 22.0. The van der Waals surface area contributed by atoms with Crippen molar-refractivity contribution in [3.05, 3.63) is 170 Å². The lowest BCUT2D eigenvalue weighted by Gasteiger charge is -2.11. The van der Waals surface area contributed by atoms with Gasteiger partial charge < -0.3 is 16.0 Å². The van der Waals surface area contributed by atoms with E-state index >= 15 is 0 Å². The van der Waals surface area contributed by atoms with E-state index in [9.17, 15) is 38.9 Å². The second-order valence-corrected chi connectivity index (χ2v) is 20.3. The van der Waals surface area contributed by atoms with Crippen molar-refractivity contribution in [1.82, 2.24) is 15.0 Å². The minimum atomic E-state index is -4.62. The molecule has 0 saturated heterocycles. The fraction of sp³-hybridized carbons (Fsp3) is 0.0408. The first-order chi connectivity index (χ1) is 36.0. The number of hydrogen-bond donors (Lipinski definition) is 6. The molecule has 1 aromatic heterocycles. The Morgan fingerprint density at radius 3 is 1.19 bits per heavy atom. The van der Waals surface area contributed by atoms with Gasteiger partial charge in [-0.2, -0.15) is 60.7 Å². The number of rotatable bonds is 18. The minimum absolute atomic E-state index is 0.00738. The van der Waals surface area contributed by atoms with Gasteiger partial charge >= 0.3 is 0 Å². The Morgan fingerprint density at radius 2 is 0.747 bits per heavy atom. The van der Waals surface area contributed by atoms with Crippen molar-refractivity contribution in [2.24, 2.45) is 40.9 Å². The predicted molar refractivity (Wildman–Crippen MR) is 281 cm³/mol. The molecule has 0 atom stereocenters. The van der Waals surface area contributed by atoms with E-state index in [2.05, 4.69) is 71.8 Å². The fourth-order valence-electron chi connectivity index (χ4n) is 7.04. The molecule has 75 heavy (non-hydrogen) atoms. The van der Waals surface area contributed by atoms with E-state index < -0.39 is 41.0 Å². The van der Waals surface area contributed by atoms with Gasteiger partial charge in [0.2, 0.25) is 17.8 Å². The van der Waals surface area contributed by atoms with Gasteiger partial charge in [0.25, 0.3) is 30.4 Å². The molecule has 0 saturated carbocycles. The maximum atomic E-state index is 12.1. The minimum Gasteiger partial charge on any atom is -0.353 e. The van der Waals surface area contributed by atoms with Crippen LogP contribution in [0.15, 0.2) is 221 Å². The van der Waals surface area contributed by atoms with Crippen LogP contribution in [0.5, 0.6) is 0 Å². The third-order valence-corrected chi connectivity index (χ3v) is 13.1. The Labute approximate surface area is 427 Å². The highest BCUT2D eigenvalue weighted by Crippen LogP contribution is 2.38. The molecule has 0 amide bonds. The molecule has 0 aliphatic carbocycles. The third-order valence-electron chi connectivity index (χ3n) is 10.6. The Bertz CT molecular complexity index is 4060. The number of hydrogen-bond acceptors (Lipinski definition) is 20. The molecule has 0 aliphatic heterocycles. The molecule has 9 aromatic rings. The number of nitrogens with one attached hydrogen (secondary N) is 3. The zero-order valence-corrected chi connectivity index (χ0v) is 41.0. The van der Waals surface area contributed by atoms with Crippen molar-refractivity contribution in [3.8, 4) is 0 Å². The van der Waals surface area contributed by atoms with Crippen LogP contribution in [0.1, 0.15) is 0 Å². The second-order valence-electron chi connectivity index (χ2n) is 15.9. The summed E-state index contributed by atoms with van der Waals surface area (Å²) in [7, 11) is -13.3. The maximum Gasteiger partial charge on any atom is 0.294 e. The van der Waals surface area contributed by atoms with E-state index in [0.29, 0.717) is 45.2 Å². The Balaban J connectivity index is 0.903. The number of fused-ring (bicyclic) bond motifs is 2. The lowest BCUT2D eigenvalue weighted by molar-refractivity contribution is 0.481. The summed E-state index contributed by atoms with van der Waals surface area (Å²) in [6.45, 7) is -0.211. The molecule has 376 valence electrons. The van der Waals surface area contributed by atoms with Crippen molar-refractivity contribution < 1.29 is 38.9 Å².